The van der Waals surface area contributed by atoms with Crippen LogP contribution < -0.4 is 15.4 Å². The zero-order chi connectivity index (χ0) is 15.4. The van der Waals surface area contributed by atoms with Crippen molar-refractivity contribution in [3.8, 4) is 5.75 Å². The van der Waals surface area contributed by atoms with Crippen molar-refractivity contribution in [3.05, 3.63) is 53.6 Å². The van der Waals surface area contributed by atoms with Crippen LogP contribution in [0.3, 0.4) is 0 Å². The Labute approximate surface area is 127 Å². The fraction of sp³-hybridized carbons (Fsp3) is 0.333. The Hall–Kier alpha value is -2.00. The molecule has 0 saturated heterocycles. The van der Waals surface area contributed by atoms with Crippen molar-refractivity contribution in [3.63, 3.8) is 0 Å². The van der Waals surface area contributed by atoms with Crippen molar-refractivity contribution < 1.29 is 4.74 Å². The largest absolute Gasteiger partial charge is 0.495 e. The average Bonchev–Trinajstić information content (AvgIpc) is 2.46. The first-order valence-electron chi connectivity index (χ1n) is 7.24. The molecule has 112 valence electrons. The second-order valence-electron chi connectivity index (χ2n) is 5.53. The normalized spacial score (nSPS) is 12.0. The van der Waals surface area contributed by atoms with Gasteiger partial charge in [0.15, 0.2) is 0 Å². The van der Waals surface area contributed by atoms with Gasteiger partial charge in [-0.25, -0.2) is 0 Å². The van der Waals surface area contributed by atoms with E-state index >= 15 is 0 Å². The number of methoxy groups -OCH3 is 1. The summed E-state index contributed by atoms with van der Waals surface area (Å²) in [4.78, 5) is 2.16. The highest BCUT2D eigenvalue weighted by molar-refractivity contribution is 5.70. The number of anilines is 2. The lowest BCUT2D eigenvalue weighted by Gasteiger charge is -2.24. The molecule has 0 aliphatic rings. The third-order valence-corrected chi connectivity index (χ3v) is 3.63. The molecule has 2 rings (SSSR count). The number of benzene rings is 2. The van der Waals surface area contributed by atoms with E-state index in [9.17, 15) is 0 Å². The van der Waals surface area contributed by atoms with Gasteiger partial charge in [-0.1, -0.05) is 24.3 Å². The quantitative estimate of drug-likeness (QED) is 0.910. The maximum atomic E-state index is 5.87. The lowest BCUT2D eigenvalue weighted by Crippen LogP contribution is -2.18. The molecule has 3 heteroatoms. The molecular formula is C18H24N2O. The van der Waals surface area contributed by atoms with E-state index in [2.05, 4.69) is 43.1 Å². The highest BCUT2D eigenvalue weighted by Crippen LogP contribution is 2.34. The standard InChI is InChI=1S/C18H24N2O/c1-13-11-15(12-14(2)19)9-10-16(13)20(3)17-7-5-6-8-18(17)21-4/h5-11,14H,12,19H2,1-4H3. The summed E-state index contributed by atoms with van der Waals surface area (Å²) in [5.41, 5.74) is 10.6. The Kier molecular flexibility index (Phi) is 4.86. The number of hydrogen-bond acceptors (Lipinski definition) is 3. The number of nitrogens with zero attached hydrogens (tertiary/aromatic N) is 1. The van der Waals surface area contributed by atoms with E-state index in [1.807, 2.05) is 25.1 Å². The van der Waals surface area contributed by atoms with Gasteiger partial charge in [0.25, 0.3) is 0 Å². The van der Waals surface area contributed by atoms with Gasteiger partial charge >= 0.3 is 0 Å². The van der Waals surface area contributed by atoms with Gasteiger partial charge in [0, 0.05) is 18.8 Å². The van der Waals surface area contributed by atoms with Crippen LogP contribution in [-0.2, 0) is 6.42 Å². The van der Waals surface area contributed by atoms with Gasteiger partial charge < -0.3 is 15.4 Å². The highest BCUT2D eigenvalue weighted by atomic mass is 16.5. The van der Waals surface area contributed by atoms with Gasteiger partial charge in [-0.2, -0.15) is 0 Å². The molecule has 2 N–H and O–H groups in total. The molecule has 0 heterocycles. The van der Waals surface area contributed by atoms with Crippen molar-refractivity contribution in [1.29, 1.82) is 0 Å². The molecule has 0 aliphatic carbocycles. The molecule has 0 saturated carbocycles. The topological polar surface area (TPSA) is 38.5 Å². The van der Waals surface area contributed by atoms with Crippen LogP contribution in [0.25, 0.3) is 0 Å². The number of aryl methyl sites for hydroxylation is 1. The van der Waals surface area contributed by atoms with Gasteiger partial charge in [0.1, 0.15) is 5.75 Å². The van der Waals surface area contributed by atoms with Gasteiger partial charge in [-0.3, -0.25) is 0 Å². The molecule has 0 spiro atoms. The lowest BCUT2D eigenvalue weighted by molar-refractivity contribution is 0.415. The predicted octanol–water partition coefficient (Wildman–Crippen LogP) is 3.66. The maximum absolute atomic E-state index is 5.87. The van der Waals surface area contributed by atoms with Crippen LogP contribution in [-0.4, -0.2) is 20.2 Å². The van der Waals surface area contributed by atoms with E-state index in [1.54, 1.807) is 7.11 Å². The van der Waals surface area contributed by atoms with Crippen LogP contribution in [0.5, 0.6) is 5.75 Å². The Morgan fingerprint density at radius 3 is 2.48 bits per heavy atom. The zero-order valence-electron chi connectivity index (χ0n) is 13.3. The summed E-state index contributed by atoms with van der Waals surface area (Å²) < 4.78 is 5.45. The molecule has 0 fully saturated rings. The maximum Gasteiger partial charge on any atom is 0.142 e. The van der Waals surface area contributed by atoms with E-state index in [0.717, 1.165) is 17.9 Å². The molecule has 0 aromatic heterocycles. The van der Waals surface area contributed by atoms with Gasteiger partial charge in [-0.15, -0.1) is 0 Å². The minimum absolute atomic E-state index is 0.183. The number of rotatable bonds is 5. The minimum atomic E-state index is 0.183. The second kappa shape index (κ2) is 6.64. The number of ether oxygens (including phenoxy) is 1. The molecule has 0 bridgehead atoms. The molecule has 21 heavy (non-hydrogen) atoms. The summed E-state index contributed by atoms with van der Waals surface area (Å²) in [6, 6.07) is 14.7. The van der Waals surface area contributed by atoms with Crippen LogP contribution in [0, 0.1) is 6.92 Å². The molecular weight excluding hydrogens is 260 g/mol. The lowest BCUT2D eigenvalue weighted by atomic mass is 10.0. The van der Waals surface area contributed by atoms with E-state index in [0.29, 0.717) is 0 Å². The SMILES string of the molecule is COc1ccccc1N(C)c1ccc(CC(C)N)cc1C. The first kappa shape index (κ1) is 15.4. The first-order chi connectivity index (χ1) is 10.0. The molecule has 3 nitrogen and oxygen atoms in total. The monoisotopic (exact) mass is 284 g/mol. The number of hydrogen-bond donors (Lipinski definition) is 1. The molecule has 2 aromatic carbocycles. The molecule has 0 radical (unpaired) electrons. The van der Waals surface area contributed by atoms with Crippen LogP contribution in [0.1, 0.15) is 18.1 Å². The Morgan fingerprint density at radius 1 is 1.14 bits per heavy atom. The second-order valence-corrected chi connectivity index (χ2v) is 5.53. The Bertz CT molecular complexity index is 608. The molecule has 0 aliphatic heterocycles. The average molecular weight is 284 g/mol. The minimum Gasteiger partial charge on any atom is -0.495 e. The van der Waals surface area contributed by atoms with Crippen LogP contribution in [0.15, 0.2) is 42.5 Å². The Morgan fingerprint density at radius 2 is 1.86 bits per heavy atom. The zero-order valence-corrected chi connectivity index (χ0v) is 13.3. The molecule has 2 aromatic rings. The van der Waals surface area contributed by atoms with Crippen molar-refractivity contribution in [2.75, 3.05) is 19.1 Å². The van der Waals surface area contributed by atoms with Gasteiger partial charge in [-0.05, 0) is 49.6 Å². The van der Waals surface area contributed by atoms with E-state index in [4.69, 9.17) is 10.5 Å². The fourth-order valence-corrected chi connectivity index (χ4v) is 2.63. The molecule has 1 atom stereocenters. The van der Waals surface area contributed by atoms with Crippen LogP contribution in [0.4, 0.5) is 11.4 Å². The summed E-state index contributed by atoms with van der Waals surface area (Å²) in [7, 11) is 3.76. The number of nitrogens with two attached hydrogens (primary N) is 1. The van der Waals surface area contributed by atoms with Crippen LogP contribution >= 0.6 is 0 Å². The molecule has 0 amide bonds. The van der Waals surface area contributed by atoms with Crippen molar-refractivity contribution >= 4 is 11.4 Å². The van der Waals surface area contributed by atoms with Gasteiger partial charge in [0.05, 0.1) is 12.8 Å². The third-order valence-electron chi connectivity index (χ3n) is 3.63. The van der Waals surface area contributed by atoms with Gasteiger partial charge in [0.2, 0.25) is 0 Å². The number of para-hydroxylation sites is 2. The Balaban J connectivity index is 2.33. The smallest absolute Gasteiger partial charge is 0.142 e. The van der Waals surface area contributed by atoms with E-state index in [-0.39, 0.29) is 6.04 Å². The third kappa shape index (κ3) is 3.56. The van der Waals surface area contributed by atoms with Crippen LogP contribution in [0.2, 0.25) is 0 Å². The summed E-state index contributed by atoms with van der Waals surface area (Å²) >= 11 is 0. The molecule has 1 unspecified atom stereocenters. The van der Waals surface area contributed by atoms with Crippen molar-refractivity contribution in [2.24, 2.45) is 5.73 Å². The van der Waals surface area contributed by atoms with Crippen molar-refractivity contribution in [2.45, 2.75) is 26.3 Å². The van der Waals surface area contributed by atoms with E-state index in [1.165, 1.54) is 16.8 Å². The predicted molar refractivity (Wildman–Crippen MR) is 89.6 cm³/mol. The van der Waals surface area contributed by atoms with E-state index < -0.39 is 0 Å². The highest BCUT2D eigenvalue weighted by Gasteiger charge is 2.12. The first-order valence-corrected chi connectivity index (χ1v) is 7.24. The summed E-state index contributed by atoms with van der Waals surface area (Å²) in [6.07, 6.45) is 0.902. The fourth-order valence-electron chi connectivity index (χ4n) is 2.63. The summed E-state index contributed by atoms with van der Waals surface area (Å²) in [5, 5.41) is 0. The summed E-state index contributed by atoms with van der Waals surface area (Å²) in [6.45, 7) is 4.16. The summed E-state index contributed by atoms with van der Waals surface area (Å²) in [5.74, 6) is 0.874. The van der Waals surface area contributed by atoms with Crippen molar-refractivity contribution in [1.82, 2.24) is 0 Å².